The van der Waals surface area contributed by atoms with Crippen LogP contribution in [-0.2, 0) is 0 Å². The zero-order valence-corrected chi connectivity index (χ0v) is 11.8. The fourth-order valence-electron chi connectivity index (χ4n) is 1.50. The smallest absolute Gasteiger partial charge is 0.255 e. The topological polar surface area (TPSA) is 64.3 Å². The highest BCUT2D eigenvalue weighted by molar-refractivity contribution is 7.99. The maximum atomic E-state index is 12.0. The SMILES string of the molecule is COc1cc(N)ccc1C(=O)NCCC(C)SC. The van der Waals surface area contributed by atoms with Crippen molar-refractivity contribution >= 4 is 23.4 Å². The third-order valence-corrected chi connectivity index (χ3v) is 3.75. The van der Waals surface area contributed by atoms with Gasteiger partial charge < -0.3 is 15.8 Å². The molecule has 100 valence electrons. The molecule has 0 aliphatic carbocycles. The van der Waals surface area contributed by atoms with Crippen molar-refractivity contribution in [2.24, 2.45) is 0 Å². The van der Waals surface area contributed by atoms with Crippen molar-refractivity contribution in [1.29, 1.82) is 0 Å². The van der Waals surface area contributed by atoms with Crippen LogP contribution in [0, 0.1) is 0 Å². The van der Waals surface area contributed by atoms with Crippen molar-refractivity contribution in [3.63, 3.8) is 0 Å². The molecule has 1 aromatic carbocycles. The van der Waals surface area contributed by atoms with E-state index in [0.717, 1.165) is 6.42 Å². The predicted molar refractivity (Wildman–Crippen MR) is 77.3 cm³/mol. The van der Waals surface area contributed by atoms with Gasteiger partial charge in [-0.15, -0.1) is 0 Å². The number of hydrogen-bond donors (Lipinski definition) is 2. The molecule has 3 N–H and O–H groups in total. The number of rotatable bonds is 6. The normalized spacial score (nSPS) is 11.9. The summed E-state index contributed by atoms with van der Waals surface area (Å²) in [6.45, 7) is 2.80. The lowest BCUT2D eigenvalue weighted by molar-refractivity contribution is 0.0950. The highest BCUT2D eigenvalue weighted by Gasteiger charge is 2.12. The molecule has 18 heavy (non-hydrogen) atoms. The largest absolute Gasteiger partial charge is 0.496 e. The highest BCUT2D eigenvalue weighted by atomic mass is 32.2. The molecule has 0 saturated heterocycles. The van der Waals surface area contributed by atoms with E-state index in [-0.39, 0.29) is 5.91 Å². The molecule has 0 saturated carbocycles. The molecule has 1 amide bonds. The standard InChI is InChI=1S/C13H20N2O2S/c1-9(18-3)6-7-15-13(16)11-5-4-10(14)8-12(11)17-2/h4-5,8-9H,6-7,14H2,1-3H3,(H,15,16). The van der Waals surface area contributed by atoms with E-state index in [1.54, 1.807) is 30.0 Å². The van der Waals surface area contributed by atoms with E-state index in [9.17, 15) is 4.79 Å². The molecule has 0 fully saturated rings. The summed E-state index contributed by atoms with van der Waals surface area (Å²) in [6, 6.07) is 5.03. The Hall–Kier alpha value is -1.36. The van der Waals surface area contributed by atoms with Crippen LogP contribution in [0.3, 0.4) is 0 Å². The maximum Gasteiger partial charge on any atom is 0.255 e. The molecule has 0 bridgehead atoms. The second-order valence-electron chi connectivity index (χ2n) is 4.05. The third kappa shape index (κ3) is 4.14. The number of ether oxygens (including phenoxy) is 1. The first-order chi connectivity index (χ1) is 8.58. The van der Waals surface area contributed by atoms with E-state index in [2.05, 4.69) is 18.5 Å². The lowest BCUT2D eigenvalue weighted by Crippen LogP contribution is -2.26. The molecule has 1 aromatic rings. The molecule has 0 aliphatic rings. The molecule has 0 aromatic heterocycles. The summed E-state index contributed by atoms with van der Waals surface area (Å²) in [7, 11) is 1.53. The van der Waals surface area contributed by atoms with Gasteiger partial charge in [-0.1, -0.05) is 6.92 Å². The first-order valence-corrected chi connectivity index (χ1v) is 7.11. The summed E-state index contributed by atoms with van der Waals surface area (Å²) in [6.07, 6.45) is 3.01. The molecule has 1 atom stereocenters. The molecule has 0 heterocycles. The number of nitrogens with two attached hydrogens (primary N) is 1. The monoisotopic (exact) mass is 268 g/mol. The lowest BCUT2D eigenvalue weighted by atomic mass is 10.1. The van der Waals surface area contributed by atoms with Crippen LogP contribution in [0.15, 0.2) is 18.2 Å². The Balaban J connectivity index is 2.61. The Bertz CT molecular complexity index is 410. The fourth-order valence-corrected chi connectivity index (χ4v) is 1.85. The number of thioether (sulfide) groups is 1. The minimum absolute atomic E-state index is 0.125. The molecule has 0 aliphatic heterocycles. The highest BCUT2D eigenvalue weighted by Crippen LogP contribution is 2.21. The van der Waals surface area contributed by atoms with Crippen molar-refractivity contribution in [3.05, 3.63) is 23.8 Å². The average Bonchev–Trinajstić information content (AvgIpc) is 2.37. The van der Waals surface area contributed by atoms with Gasteiger partial charge >= 0.3 is 0 Å². The molecule has 5 heteroatoms. The van der Waals surface area contributed by atoms with Crippen LogP contribution in [0.2, 0.25) is 0 Å². The van der Waals surface area contributed by atoms with Crippen LogP contribution in [0.25, 0.3) is 0 Å². The molecular weight excluding hydrogens is 248 g/mol. The van der Waals surface area contributed by atoms with Gasteiger partial charge in [0.25, 0.3) is 5.91 Å². The lowest BCUT2D eigenvalue weighted by Gasteiger charge is -2.11. The molecule has 0 spiro atoms. The molecule has 1 unspecified atom stereocenters. The predicted octanol–water partition coefficient (Wildman–Crippen LogP) is 2.15. The quantitative estimate of drug-likeness (QED) is 0.776. The number of benzene rings is 1. The van der Waals surface area contributed by atoms with E-state index in [1.165, 1.54) is 7.11 Å². The molecule has 4 nitrogen and oxygen atoms in total. The van der Waals surface area contributed by atoms with Crippen LogP contribution in [0.5, 0.6) is 5.75 Å². The molecular formula is C13H20N2O2S. The van der Waals surface area contributed by atoms with Crippen molar-refractivity contribution < 1.29 is 9.53 Å². The van der Waals surface area contributed by atoms with Gasteiger partial charge in [-0.2, -0.15) is 11.8 Å². The Kier molecular flexibility index (Phi) is 5.85. The first-order valence-electron chi connectivity index (χ1n) is 5.83. The number of anilines is 1. The summed E-state index contributed by atoms with van der Waals surface area (Å²) in [5.41, 5.74) is 6.75. The first kappa shape index (κ1) is 14.7. The van der Waals surface area contributed by atoms with Crippen LogP contribution in [0.1, 0.15) is 23.7 Å². The van der Waals surface area contributed by atoms with Gasteiger partial charge in [0.05, 0.1) is 12.7 Å². The molecule has 1 rings (SSSR count). The van der Waals surface area contributed by atoms with Crippen molar-refractivity contribution in [2.45, 2.75) is 18.6 Å². The van der Waals surface area contributed by atoms with Gasteiger partial charge in [0, 0.05) is 23.5 Å². The van der Waals surface area contributed by atoms with E-state index < -0.39 is 0 Å². The summed E-state index contributed by atoms with van der Waals surface area (Å²) in [5, 5.41) is 3.43. The maximum absolute atomic E-state index is 12.0. The number of nitrogen functional groups attached to an aromatic ring is 1. The second kappa shape index (κ2) is 7.16. The number of methoxy groups -OCH3 is 1. The van der Waals surface area contributed by atoms with Gasteiger partial charge in [0.2, 0.25) is 0 Å². The Morgan fingerprint density at radius 2 is 2.28 bits per heavy atom. The summed E-state index contributed by atoms with van der Waals surface area (Å²) < 4.78 is 5.15. The number of carbonyl (C=O) groups excluding carboxylic acids is 1. The van der Waals surface area contributed by atoms with E-state index in [0.29, 0.717) is 28.8 Å². The number of hydrogen-bond acceptors (Lipinski definition) is 4. The van der Waals surface area contributed by atoms with Crippen molar-refractivity contribution in [3.8, 4) is 5.75 Å². The van der Waals surface area contributed by atoms with Gasteiger partial charge in [-0.3, -0.25) is 4.79 Å². The summed E-state index contributed by atoms with van der Waals surface area (Å²) in [4.78, 5) is 12.0. The summed E-state index contributed by atoms with van der Waals surface area (Å²) >= 11 is 1.79. The van der Waals surface area contributed by atoms with Crippen LogP contribution in [0.4, 0.5) is 5.69 Å². The van der Waals surface area contributed by atoms with Gasteiger partial charge in [0.1, 0.15) is 5.75 Å². The number of amides is 1. The van der Waals surface area contributed by atoms with Crippen LogP contribution < -0.4 is 15.8 Å². The minimum Gasteiger partial charge on any atom is -0.496 e. The van der Waals surface area contributed by atoms with Crippen molar-refractivity contribution in [2.75, 3.05) is 25.6 Å². The fraction of sp³-hybridized carbons (Fsp3) is 0.462. The Labute approximate surface area is 112 Å². The van der Waals surface area contributed by atoms with Gasteiger partial charge in [-0.05, 0) is 24.8 Å². The zero-order chi connectivity index (χ0) is 13.5. The number of carbonyl (C=O) groups is 1. The van der Waals surface area contributed by atoms with Crippen LogP contribution in [-0.4, -0.2) is 31.1 Å². The summed E-state index contributed by atoms with van der Waals surface area (Å²) in [5.74, 6) is 0.380. The van der Waals surface area contributed by atoms with E-state index in [4.69, 9.17) is 10.5 Å². The third-order valence-electron chi connectivity index (χ3n) is 2.71. The average molecular weight is 268 g/mol. The van der Waals surface area contributed by atoms with Crippen molar-refractivity contribution in [1.82, 2.24) is 5.32 Å². The molecule has 0 radical (unpaired) electrons. The second-order valence-corrected chi connectivity index (χ2v) is 5.33. The van der Waals surface area contributed by atoms with E-state index in [1.807, 2.05) is 0 Å². The Morgan fingerprint density at radius 1 is 1.56 bits per heavy atom. The Morgan fingerprint density at radius 3 is 2.89 bits per heavy atom. The van der Waals surface area contributed by atoms with Gasteiger partial charge in [0.15, 0.2) is 0 Å². The van der Waals surface area contributed by atoms with Gasteiger partial charge in [-0.25, -0.2) is 0 Å². The number of nitrogens with one attached hydrogen (secondary N) is 1. The zero-order valence-electron chi connectivity index (χ0n) is 11.0. The van der Waals surface area contributed by atoms with E-state index >= 15 is 0 Å². The minimum atomic E-state index is -0.125. The van der Waals surface area contributed by atoms with Crippen LogP contribution >= 0.6 is 11.8 Å².